The van der Waals surface area contributed by atoms with E-state index in [9.17, 15) is 14.0 Å². The van der Waals surface area contributed by atoms with Crippen LogP contribution in [0.3, 0.4) is 0 Å². The number of hydrogen-bond acceptors (Lipinski definition) is 3. The van der Waals surface area contributed by atoms with Gasteiger partial charge in [-0.15, -0.1) is 0 Å². The van der Waals surface area contributed by atoms with Gasteiger partial charge in [0.05, 0.1) is 5.56 Å². The third-order valence-corrected chi connectivity index (χ3v) is 5.25. The highest BCUT2D eigenvalue weighted by molar-refractivity contribution is 5.80. The van der Waals surface area contributed by atoms with Gasteiger partial charge in [-0.2, -0.15) is 0 Å². The molecular weight excluding hydrogens is 393 g/mol. The van der Waals surface area contributed by atoms with E-state index in [0.29, 0.717) is 12.7 Å². The van der Waals surface area contributed by atoms with Crippen molar-refractivity contribution in [3.05, 3.63) is 94.8 Å². The molecule has 0 unspecified atom stereocenters. The summed E-state index contributed by atoms with van der Waals surface area (Å²) in [4.78, 5) is 23.1. The lowest BCUT2D eigenvalue weighted by molar-refractivity contribution is 0.112. The number of fused-ring (bicyclic) bond motifs is 3. The summed E-state index contributed by atoms with van der Waals surface area (Å²) >= 11 is 0. The summed E-state index contributed by atoms with van der Waals surface area (Å²) in [5.74, 6) is 4.89. The minimum absolute atomic E-state index is 0.000703. The molecule has 0 saturated carbocycles. The number of halogens is 1. The summed E-state index contributed by atoms with van der Waals surface area (Å²) in [5, 5.41) is 2.66. The molecule has 4 rings (SSSR count). The van der Waals surface area contributed by atoms with Gasteiger partial charge in [0.15, 0.2) is 6.29 Å². The lowest BCUT2D eigenvalue weighted by Crippen LogP contribution is -2.26. The van der Waals surface area contributed by atoms with Crippen molar-refractivity contribution in [3.63, 3.8) is 0 Å². The minimum Gasteiger partial charge on any atom is -0.449 e. The number of alkyl carbamates (subject to hydrolysis) is 1. The van der Waals surface area contributed by atoms with E-state index in [0.717, 1.165) is 11.1 Å². The van der Waals surface area contributed by atoms with Gasteiger partial charge < -0.3 is 10.1 Å². The van der Waals surface area contributed by atoms with E-state index < -0.39 is 11.9 Å². The standard InChI is InChI=1S/C26H20FNO3/c27-25-14-7-8-18(16-29)19(25)9-5-6-15-28-26(30)31-17-24-22-12-3-1-10-20(22)21-11-2-4-13-23(21)24/h1-4,7-8,10-14,16,24H,6,15,17H2,(H,28,30). The zero-order chi connectivity index (χ0) is 21.6. The number of carbonyl (C=O) groups is 2. The second-order valence-electron chi connectivity index (χ2n) is 7.13. The number of nitrogens with one attached hydrogen (secondary N) is 1. The summed E-state index contributed by atoms with van der Waals surface area (Å²) in [6.07, 6.45) is 0.349. The van der Waals surface area contributed by atoms with E-state index in [1.807, 2.05) is 24.3 Å². The molecule has 154 valence electrons. The fourth-order valence-electron chi connectivity index (χ4n) is 3.80. The summed E-state index contributed by atoms with van der Waals surface area (Å²) in [6, 6.07) is 20.5. The van der Waals surface area contributed by atoms with Gasteiger partial charge in [-0.25, -0.2) is 9.18 Å². The van der Waals surface area contributed by atoms with Crippen LogP contribution in [-0.2, 0) is 4.74 Å². The number of ether oxygens (including phenoxy) is 1. The van der Waals surface area contributed by atoms with Crippen molar-refractivity contribution in [1.82, 2.24) is 5.32 Å². The number of rotatable bonds is 5. The predicted molar refractivity (Wildman–Crippen MR) is 116 cm³/mol. The fraction of sp³-hybridized carbons (Fsp3) is 0.154. The molecule has 3 aromatic rings. The molecule has 0 aliphatic heterocycles. The molecule has 0 atom stereocenters. The zero-order valence-electron chi connectivity index (χ0n) is 16.7. The lowest BCUT2D eigenvalue weighted by Gasteiger charge is -2.14. The van der Waals surface area contributed by atoms with Crippen LogP contribution in [0.5, 0.6) is 0 Å². The second kappa shape index (κ2) is 9.27. The van der Waals surface area contributed by atoms with Gasteiger partial charge in [0.1, 0.15) is 12.4 Å². The second-order valence-corrected chi connectivity index (χ2v) is 7.13. The molecule has 1 amide bonds. The maximum Gasteiger partial charge on any atom is 0.407 e. The Morgan fingerprint density at radius 3 is 2.35 bits per heavy atom. The Kier molecular flexibility index (Phi) is 6.09. The first-order chi connectivity index (χ1) is 15.2. The first-order valence-corrected chi connectivity index (χ1v) is 10.0. The molecule has 3 aromatic carbocycles. The Balaban J connectivity index is 1.31. The van der Waals surface area contributed by atoms with Crippen LogP contribution in [0.4, 0.5) is 9.18 Å². The maximum atomic E-state index is 13.8. The van der Waals surface area contributed by atoms with E-state index in [-0.39, 0.29) is 30.2 Å². The highest BCUT2D eigenvalue weighted by Gasteiger charge is 2.28. The highest BCUT2D eigenvalue weighted by atomic mass is 19.1. The third kappa shape index (κ3) is 4.34. The van der Waals surface area contributed by atoms with Gasteiger partial charge in [0.2, 0.25) is 0 Å². The quantitative estimate of drug-likeness (QED) is 0.367. The van der Waals surface area contributed by atoms with Crippen LogP contribution >= 0.6 is 0 Å². The van der Waals surface area contributed by atoms with Crippen LogP contribution in [0.25, 0.3) is 11.1 Å². The van der Waals surface area contributed by atoms with Crippen molar-refractivity contribution >= 4 is 12.4 Å². The van der Waals surface area contributed by atoms with Crippen molar-refractivity contribution < 1.29 is 18.7 Å². The Morgan fingerprint density at radius 2 is 1.68 bits per heavy atom. The first kappa shape index (κ1) is 20.4. The van der Waals surface area contributed by atoms with E-state index >= 15 is 0 Å². The lowest BCUT2D eigenvalue weighted by atomic mass is 9.98. The van der Waals surface area contributed by atoms with Crippen molar-refractivity contribution in [3.8, 4) is 23.0 Å². The Morgan fingerprint density at radius 1 is 1.00 bits per heavy atom. The molecule has 0 fully saturated rings. The van der Waals surface area contributed by atoms with Crippen LogP contribution in [0.2, 0.25) is 0 Å². The van der Waals surface area contributed by atoms with Crippen LogP contribution < -0.4 is 5.32 Å². The smallest absolute Gasteiger partial charge is 0.407 e. The summed E-state index contributed by atoms with van der Waals surface area (Å²) in [6.45, 7) is 0.498. The van der Waals surface area contributed by atoms with Crippen molar-refractivity contribution in [1.29, 1.82) is 0 Å². The monoisotopic (exact) mass is 413 g/mol. The first-order valence-electron chi connectivity index (χ1n) is 10.0. The molecule has 4 nitrogen and oxygen atoms in total. The number of amides is 1. The van der Waals surface area contributed by atoms with E-state index in [4.69, 9.17) is 4.74 Å². The summed E-state index contributed by atoms with van der Waals surface area (Å²) < 4.78 is 19.2. The number of aldehydes is 1. The van der Waals surface area contributed by atoms with Crippen LogP contribution in [0.1, 0.15) is 39.4 Å². The van der Waals surface area contributed by atoms with E-state index in [1.165, 1.54) is 29.3 Å². The van der Waals surface area contributed by atoms with Crippen LogP contribution in [-0.4, -0.2) is 25.5 Å². The average molecular weight is 413 g/mol. The molecule has 1 aliphatic carbocycles. The SMILES string of the molecule is O=Cc1cccc(F)c1C#CCCNC(=O)OCC1c2ccccc2-c2ccccc21. The zero-order valence-corrected chi connectivity index (χ0v) is 16.7. The van der Waals surface area contributed by atoms with E-state index in [1.54, 1.807) is 0 Å². The number of carbonyl (C=O) groups excluding carboxylic acids is 2. The van der Waals surface area contributed by atoms with Crippen LogP contribution in [0.15, 0.2) is 66.7 Å². The number of hydrogen-bond donors (Lipinski definition) is 1. The summed E-state index contributed by atoms with van der Waals surface area (Å²) in [7, 11) is 0. The third-order valence-electron chi connectivity index (χ3n) is 5.25. The molecule has 0 saturated heterocycles. The molecule has 0 spiro atoms. The molecule has 31 heavy (non-hydrogen) atoms. The average Bonchev–Trinajstić information content (AvgIpc) is 3.12. The molecule has 0 radical (unpaired) electrons. The fourth-order valence-corrected chi connectivity index (χ4v) is 3.80. The molecular formula is C26H20FNO3. The van der Waals surface area contributed by atoms with Gasteiger partial charge in [-0.3, -0.25) is 4.79 Å². The van der Waals surface area contributed by atoms with Gasteiger partial charge in [-0.05, 0) is 28.3 Å². The Bertz CT molecular complexity index is 1150. The highest BCUT2D eigenvalue weighted by Crippen LogP contribution is 2.44. The molecule has 0 aromatic heterocycles. The maximum absolute atomic E-state index is 13.8. The van der Waals surface area contributed by atoms with Gasteiger partial charge in [-0.1, -0.05) is 72.5 Å². The Hall–Kier alpha value is -3.91. The molecule has 0 heterocycles. The molecule has 5 heteroatoms. The van der Waals surface area contributed by atoms with E-state index in [2.05, 4.69) is 41.4 Å². The van der Waals surface area contributed by atoms with Crippen molar-refractivity contribution in [2.45, 2.75) is 12.3 Å². The van der Waals surface area contributed by atoms with Crippen molar-refractivity contribution in [2.75, 3.05) is 13.2 Å². The number of benzene rings is 3. The van der Waals surface area contributed by atoms with Crippen molar-refractivity contribution in [2.24, 2.45) is 0 Å². The van der Waals surface area contributed by atoms with Gasteiger partial charge in [0, 0.05) is 24.4 Å². The minimum atomic E-state index is -0.540. The molecule has 1 aliphatic rings. The van der Waals surface area contributed by atoms with Gasteiger partial charge >= 0.3 is 6.09 Å². The van der Waals surface area contributed by atoms with Gasteiger partial charge in [0.25, 0.3) is 0 Å². The predicted octanol–water partition coefficient (Wildman–Crippen LogP) is 4.92. The summed E-state index contributed by atoms with van der Waals surface area (Å²) in [5.41, 5.74) is 4.92. The van der Waals surface area contributed by atoms with Crippen LogP contribution in [0, 0.1) is 17.7 Å². The molecule has 1 N–H and O–H groups in total. The Labute approximate surface area is 180 Å². The normalized spacial score (nSPS) is 11.6. The molecule has 0 bridgehead atoms. The topological polar surface area (TPSA) is 55.4 Å². The largest absolute Gasteiger partial charge is 0.449 e.